The van der Waals surface area contributed by atoms with Gasteiger partial charge in [-0.25, -0.2) is 0 Å². The third kappa shape index (κ3) is 2.92. The lowest BCUT2D eigenvalue weighted by Gasteiger charge is -2.19. The summed E-state index contributed by atoms with van der Waals surface area (Å²) in [5, 5.41) is 9.01. The second kappa shape index (κ2) is 4.78. The Labute approximate surface area is 100 Å². The summed E-state index contributed by atoms with van der Waals surface area (Å²) in [7, 11) is 0. The number of thioether (sulfide) groups is 1. The fourth-order valence-corrected chi connectivity index (χ4v) is 2.26. The number of benzene rings is 1. The zero-order chi connectivity index (χ0) is 12.3. The average molecular weight is 239 g/mol. The van der Waals surface area contributed by atoms with Crippen molar-refractivity contribution in [1.82, 2.24) is 0 Å². The van der Waals surface area contributed by atoms with Gasteiger partial charge < -0.3 is 10.8 Å². The molecule has 0 fully saturated rings. The first-order valence-corrected chi connectivity index (χ1v) is 6.04. The van der Waals surface area contributed by atoms with Gasteiger partial charge in [0, 0.05) is 16.3 Å². The van der Waals surface area contributed by atoms with Gasteiger partial charge in [0.25, 0.3) is 0 Å². The molecule has 4 heteroatoms. The van der Waals surface area contributed by atoms with Crippen molar-refractivity contribution in [3.05, 3.63) is 23.8 Å². The van der Waals surface area contributed by atoms with Gasteiger partial charge in [-0.05, 0) is 38.5 Å². The van der Waals surface area contributed by atoms with E-state index in [4.69, 9.17) is 10.8 Å². The molecule has 88 valence electrons. The third-order valence-corrected chi connectivity index (χ3v) is 4.11. The van der Waals surface area contributed by atoms with Gasteiger partial charge in [0.15, 0.2) is 0 Å². The second-order valence-corrected chi connectivity index (χ2v) is 5.47. The molecule has 0 bridgehead atoms. The summed E-state index contributed by atoms with van der Waals surface area (Å²) in [5.74, 6) is -0.242. The van der Waals surface area contributed by atoms with E-state index in [-0.39, 0.29) is 0 Å². The van der Waals surface area contributed by atoms with Gasteiger partial charge in [0.05, 0.1) is 5.41 Å². The van der Waals surface area contributed by atoms with Crippen molar-refractivity contribution in [3.63, 3.8) is 0 Å². The number of anilines is 1. The molecule has 0 saturated carbocycles. The molecule has 0 spiro atoms. The molecule has 0 atom stereocenters. The molecule has 0 unspecified atom stereocenters. The van der Waals surface area contributed by atoms with Crippen LogP contribution >= 0.6 is 11.8 Å². The van der Waals surface area contributed by atoms with Gasteiger partial charge >= 0.3 is 5.97 Å². The van der Waals surface area contributed by atoms with Gasteiger partial charge in [-0.2, -0.15) is 0 Å². The summed E-state index contributed by atoms with van der Waals surface area (Å²) in [5.41, 5.74) is 6.84. The van der Waals surface area contributed by atoms with E-state index < -0.39 is 11.4 Å². The molecule has 16 heavy (non-hydrogen) atoms. The Morgan fingerprint density at radius 1 is 1.50 bits per heavy atom. The maximum Gasteiger partial charge on any atom is 0.309 e. The lowest BCUT2D eigenvalue weighted by molar-refractivity contribution is -0.145. The molecule has 1 rings (SSSR count). The van der Waals surface area contributed by atoms with Gasteiger partial charge in [-0.15, -0.1) is 11.8 Å². The first kappa shape index (κ1) is 12.9. The highest BCUT2D eigenvalue weighted by Gasteiger charge is 2.27. The normalized spacial score (nSPS) is 11.4. The predicted octanol–water partition coefficient (Wildman–Crippen LogP) is 2.78. The Kier molecular flexibility index (Phi) is 3.86. The average Bonchev–Trinajstić information content (AvgIpc) is 2.20. The highest BCUT2D eigenvalue weighted by molar-refractivity contribution is 7.99. The van der Waals surface area contributed by atoms with Crippen molar-refractivity contribution in [3.8, 4) is 0 Å². The van der Waals surface area contributed by atoms with Crippen LogP contribution < -0.4 is 5.73 Å². The van der Waals surface area contributed by atoms with E-state index in [1.165, 1.54) is 11.8 Å². The number of carboxylic acids is 1. The van der Waals surface area contributed by atoms with E-state index in [2.05, 4.69) is 0 Å². The van der Waals surface area contributed by atoms with Crippen LogP contribution in [0.2, 0.25) is 0 Å². The van der Waals surface area contributed by atoms with Gasteiger partial charge in [0.1, 0.15) is 0 Å². The van der Waals surface area contributed by atoms with Gasteiger partial charge in [-0.1, -0.05) is 6.07 Å². The summed E-state index contributed by atoms with van der Waals surface area (Å²) in [6, 6.07) is 5.70. The predicted molar refractivity (Wildman–Crippen MR) is 67.7 cm³/mol. The Morgan fingerprint density at radius 3 is 2.69 bits per heavy atom. The minimum Gasteiger partial charge on any atom is -0.481 e. The Morgan fingerprint density at radius 2 is 2.12 bits per heavy atom. The van der Waals surface area contributed by atoms with E-state index in [0.717, 1.165) is 16.1 Å². The minimum absolute atomic E-state index is 0.534. The first-order chi connectivity index (χ1) is 7.34. The van der Waals surface area contributed by atoms with Crippen LogP contribution in [0.4, 0.5) is 5.69 Å². The van der Waals surface area contributed by atoms with Crippen molar-refractivity contribution in [1.29, 1.82) is 0 Å². The zero-order valence-corrected chi connectivity index (χ0v) is 10.6. The van der Waals surface area contributed by atoms with Crippen molar-refractivity contribution in [2.45, 2.75) is 25.7 Å². The third-order valence-electron chi connectivity index (χ3n) is 2.49. The SMILES string of the molecule is Cc1c(N)cccc1SCC(C)(C)C(=O)O. The quantitative estimate of drug-likeness (QED) is 0.626. The number of hydrogen-bond donors (Lipinski definition) is 2. The minimum atomic E-state index is -0.776. The van der Waals surface area contributed by atoms with Crippen LogP contribution in [0.3, 0.4) is 0 Å². The van der Waals surface area contributed by atoms with Crippen LogP contribution in [-0.2, 0) is 4.79 Å². The lowest BCUT2D eigenvalue weighted by Crippen LogP contribution is -2.26. The van der Waals surface area contributed by atoms with Gasteiger partial charge in [0.2, 0.25) is 0 Å². The number of nitrogens with two attached hydrogens (primary N) is 1. The fourth-order valence-electron chi connectivity index (χ4n) is 1.11. The number of rotatable bonds is 4. The molecular formula is C12H17NO2S. The maximum atomic E-state index is 11.0. The molecule has 0 radical (unpaired) electrons. The topological polar surface area (TPSA) is 63.3 Å². The smallest absolute Gasteiger partial charge is 0.309 e. The van der Waals surface area contributed by atoms with Crippen molar-refractivity contribution in [2.75, 3.05) is 11.5 Å². The maximum absolute atomic E-state index is 11.0. The molecule has 0 aromatic heterocycles. The largest absolute Gasteiger partial charge is 0.481 e. The van der Waals surface area contributed by atoms with E-state index in [1.807, 2.05) is 25.1 Å². The number of nitrogen functional groups attached to an aromatic ring is 1. The molecule has 0 aliphatic rings. The summed E-state index contributed by atoms with van der Waals surface area (Å²) in [4.78, 5) is 12.0. The summed E-state index contributed by atoms with van der Waals surface area (Å²) in [6.45, 7) is 5.40. The number of hydrogen-bond acceptors (Lipinski definition) is 3. The summed E-state index contributed by atoms with van der Waals surface area (Å²) < 4.78 is 0. The van der Waals surface area contributed by atoms with Crippen LogP contribution in [-0.4, -0.2) is 16.8 Å². The van der Waals surface area contributed by atoms with Crippen LogP contribution in [0.15, 0.2) is 23.1 Å². The fraction of sp³-hybridized carbons (Fsp3) is 0.417. The number of carbonyl (C=O) groups is 1. The monoisotopic (exact) mass is 239 g/mol. The Hall–Kier alpha value is -1.16. The van der Waals surface area contributed by atoms with Crippen LogP contribution in [0.1, 0.15) is 19.4 Å². The Bertz CT molecular complexity index is 402. The summed E-state index contributed by atoms with van der Waals surface area (Å²) in [6.07, 6.45) is 0. The molecule has 0 aliphatic carbocycles. The highest BCUT2D eigenvalue weighted by atomic mass is 32.2. The Balaban J connectivity index is 2.76. The highest BCUT2D eigenvalue weighted by Crippen LogP contribution is 2.31. The summed E-state index contributed by atoms with van der Waals surface area (Å²) >= 11 is 1.54. The lowest BCUT2D eigenvalue weighted by atomic mass is 9.97. The number of aliphatic carboxylic acids is 1. The van der Waals surface area contributed by atoms with E-state index >= 15 is 0 Å². The van der Waals surface area contributed by atoms with E-state index in [9.17, 15) is 4.79 Å². The molecule has 0 aliphatic heterocycles. The molecule has 1 aromatic carbocycles. The van der Waals surface area contributed by atoms with Crippen LogP contribution in [0, 0.1) is 12.3 Å². The van der Waals surface area contributed by atoms with Crippen LogP contribution in [0.25, 0.3) is 0 Å². The van der Waals surface area contributed by atoms with E-state index in [1.54, 1.807) is 13.8 Å². The van der Waals surface area contributed by atoms with Crippen LogP contribution in [0.5, 0.6) is 0 Å². The van der Waals surface area contributed by atoms with Crippen molar-refractivity contribution < 1.29 is 9.90 Å². The van der Waals surface area contributed by atoms with Crippen molar-refractivity contribution in [2.24, 2.45) is 5.41 Å². The molecule has 1 aromatic rings. The molecule has 0 amide bonds. The standard InChI is InChI=1S/C12H17NO2S/c1-8-9(13)5-4-6-10(8)16-7-12(2,3)11(14)15/h4-6H,7,13H2,1-3H3,(H,14,15). The number of carboxylic acid groups (broad SMARTS) is 1. The molecular weight excluding hydrogens is 222 g/mol. The molecule has 3 nitrogen and oxygen atoms in total. The molecule has 0 saturated heterocycles. The first-order valence-electron chi connectivity index (χ1n) is 5.06. The zero-order valence-electron chi connectivity index (χ0n) is 9.78. The van der Waals surface area contributed by atoms with Crippen molar-refractivity contribution >= 4 is 23.4 Å². The van der Waals surface area contributed by atoms with E-state index in [0.29, 0.717) is 5.75 Å². The second-order valence-electron chi connectivity index (χ2n) is 4.45. The van der Waals surface area contributed by atoms with Gasteiger partial charge in [-0.3, -0.25) is 4.79 Å². The molecule has 0 heterocycles. The molecule has 3 N–H and O–H groups in total.